The number of hydrogen-bond acceptors (Lipinski definition) is 3. The van der Waals surface area contributed by atoms with Gasteiger partial charge in [0.15, 0.2) is 4.77 Å². The molecule has 0 aromatic carbocycles. The SMILES string of the molecule is CC(c1cccnc1)c1c[nH]c(=S)[nH]c1=O. The molecule has 0 bridgehead atoms. The Balaban J connectivity index is 2.46. The maximum Gasteiger partial charge on any atom is 0.255 e. The Kier molecular flexibility index (Phi) is 2.96. The summed E-state index contributed by atoms with van der Waals surface area (Å²) < 4.78 is 0.340. The van der Waals surface area contributed by atoms with E-state index in [1.54, 1.807) is 18.6 Å². The summed E-state index contributed by atoms with van der Waals surface area (Å²) in [6, 6.07) is 3.80. The van der Waals surface area contributed by atoms with Crippen LogP contribution in [0.3, 0.4) is 0 Å². The highest BCUT2D eigenvalue weighted by Crippen LogP contribution is 2.19. The summed E-state index contributed by atoms with van der Waals surface area (Å²) in [5.74, 6) is -0.00991. The van der Waals surface area contributed by atoms with Gasteiger partial charge in [0.05, 0.1) is 0 Å². The fourth-order valence-corrected chi connectivity index (χ4v) is 1.71. The van der Waals surface area contributed by atoms with Crippen LogP contribution in [0.15, 0.2) is 35.5 Å². The number of nitrogens with zero attached hydrogens (tertiary/aromatic N) is 1. The zero-order valence-corrected chi connectivity index (χ0v) is 9.54. The van der Waals surface area contributed by atoms with Gasteiger partial charge in [-0.15, -0.1) is 0 Å². The van der Waals surface area contributed by atoms with Crippen molar-refractivity contribution in [3.8, 4) is 0 Å². The third-order valence-corrected chi connectivity index (χ3v) is 2.72. The van der Waals surface area contributed by atoms with Crippen molar-refractivity contribution in [3.05, 3.63) is 57.0 Å². The van der Waals surface area contributed by atoms with Crippen molar-refractivity contribution >= 4 is 12.2 Å². The minimum atomic E-state index is -0.153. The van der Waals surface area contributed by atoms with Crippen LogP contribution in [0.5, 0.6) is 0 Å². The number of hydrogen-bond donors (Lipinski definition) is 2. The Morgan fingerprint density at radius 1 is 1.50 bits per heavy atom. The first-order chi connectivity index (χ1) is 7.68. The molecule has 0 aliphatic carbocycles. The van der Waals surface area contributed by atoms with Crippen molar-refractivity contribution < 1.29 is 0 Å². The molecule has 0 saturated carbocycles. The smallest absolute Gasteiger partial charge is 0.255 e. The summed E-state index contributed by atoms with van der Waals surface area (Å²) in [6.07, 6.45) is 5.11. The predicted molar refractivity (Wildman–Crippen MR) is 64.0 cm³/mol. The summed E-state index contributed by atoms with van der Waals surface area (Å²) in [5, 5.41) is 0. The lowest BCUT2D eigenvalue weighted by atomic mass is 9.97. The highest BCUT2D eigenvalue weighted by atomic mass is 32.1. The molecule has 0 fully saturated rings. The van der Waals surface area contributed by atoms with Gasteiger partial charge in [0.1, 0.15) is 0 Å². The summed E-state index contributed by atoms with van der Waals surface area (Å²) in [4.78, 5) is 21.1. The van der Waals surface area contributed by atoms with E-state index < -0.39 is 0 Å². The van der Waals surface area contributed by atoms with E-state index in [1.807, 2.05) is 19.1 Å². The molecule has 0 radical (unpaired) electrons. The Bertz CT molecular complexity index is 588. The third-order valence-electron chi connectivity index (χ3n) is 2.50. The molecule has 16 heavy (non-hydrogen) atoms. The van der Waals surface area contributed by atoms with Crippen molar-refractivity contribution in [3.63, 3.8) is 0 Å². The number of rotatable bonds is 2. The second-order valence-electron chi connectivity index (χ2n) is 3.54. The van der Waals surface area contributed by atoms with Crippen LogP contribution >= 0.6 is 12.2 Å². The van der Waals surface area contributed by atoms with Crippen LogP contribution in [0.4, 0.5) is 0 Å². The number of aromatic nitrogens is 3. The van der Waals surface area contributed by atoms with Gasteiger partial charge >= 0.3 is 0 Å². The standard InChI is InChI=1S/C11H11N3OS/c1-7(8-3-2-4-12-5-8)9-6-13-11(16)14-10(9)15/h2-7H,1H3,(H2,13,14,15,16). The molecule has 1 unspecified atom stereocenters. The lowest BCUT2D eigenvalue weighted by Crippen LogP contribution is -2.16. The van der Waals surface area contributed by atoms with Gasteiger partial charge < -0.3 is 4.98 Å². The molecule has 0 amide bonds. The normalized spacial score (nSPS) is 12.3. The minimum Gasteiger partial charge on any atom is -0.338 e. The van der Waals surface area contributed by atoms with E-state index in [4.69, 9.17) is 12.2 Å². The van der Waals surface area contributed by atoms with E-state index >= 15 is 0 Å². The van der Waals surface area contributed by atoms with Crippen LogP contribution in [-0.4, -0.2) is 15.0 Å². The first kappa shape index (κ1) is 10.8. The maximum absolute atomic E-state index is 11.7. The fourth-order valence-electron chi connectivity index (χ4n) is 1.55. The van der Waals surface area contributed by atoms with E-state index in [0.717, 1.165) is 5.56 Å². The number of aromatic amines is 2. The van der Waals surface area contributed by atoms with Gasteiger partial charge in [0, 0.05) is 30.1 Å². The highest BCUT2D eigenvalue weighted by Gasteiger charge is 2.11. The summed E-state index contributed by atoms with van der Waals surface area (Å²) >= 11 is 4.84. The van der Waals surface area contributed by atoms with Crippen LogP contribution < -0.4 is 5.56 Å². The van der Waals surface area contributed by atoms with Crippen LogP contribution in [-0.2, 0) is 0 Å². The largest absolute Gasteiger partial charge is 0.338 e. The molecule has 2 rings (SSSR count). The van der Waals surface area contributed by atoms with Crippen LogP contribution in [0.2, 0.25) is 0 Å². The van der Waals surface area contributed by atoms with Gasteiger partial charge in [-0.05, 0) is 23.8 Å². The van der Waals surface area contributed by atoms with Gasteiger partial charge in [-0.1, -0.05) is 13.0 Å². The van der Waals surface area contributed by atoms with Gasteiger partial charge in [-0.25, -0.2) is 0 Å². The van der Waals surface area contributed by atoms with Gasteiger partial charge in [-0.2, -0.15) is 0 Å². The maximum atomic E-state index is 11.7. The van der Waals surface area contributed by atoms with Crippen LogP contribution in [0.25, 0.3) is 0 Å². The second-order valence-corrected chi connectivity index (χ2v) is 3.94. The molecule has 0 saturated heterocycles. The van der Waals surface area contributed by atoms with Gasteiger partial charge in [0.2, 0.25) is 0 Å². The van der Waals surface area contributed by atoms with Gasteiger partial charge in [0.25, 0.3) is 5.56 Å². The zero-order chi connectivity index (χ0) is 11.5. The van der Waals surface area contributed by atoms with Gasteiger partial charge in [-0.3, -0.25) is 14.8 Å². The summed E-state index contributed by atoms with van der Waals surface area (Å²) in [5.41, 5.74) is 1.50. The lowest BCUT2D eigenvalue weighted by Gasteiger charge is -2.09. The van der Waals surface area contributed by atoms with Crippen LogP contribution in [0.1, 0.15) is 24.0 Å². The molecule has 2 aromatic rings. The minimum absolute atomic E-state index is 0.00991. The molecule has 2 N–H and O–H groups in total. The average Bonchev–Trinajstić information content (AvgIpc) is 2.29. The molecule has 0 aliphatic rings. The Labute approximate surface area is 97.4 Å². The van der Waals surface area contributed by atoms with E-state index in [0.29, 0.717) is 10.3 Å². The molecule has 2 aromatic heterocycles. The molecule has 5 heteroatoms. The number of nitrogens with one attached hydrogen (secondary N) is 2. The number of pyridine rings is 1. The first-order valence-corrected chi connectivity index (χ1v) is 5.31. The Hall–Kier alpha value is -1.75. The fraction of sp³-hybridized carbons (Fsp3) is 0.182. The molecule has 1 atom stereocenters. The monoisotopic (exact) mass is 233 g/mol. The molecule has 0 aliphatic heterocycles. The highest BCUT2D eigenvalue weighted by molar-refractivity contribution is 7.71. The van der Waals surface area contributed by atoms with E-state index in [2.05, 4.69) is 15.0 Å². The summed E-state index contributed by atoms with van der Waals surface area (Å²) in [6.45, 7) is 1.96. The van der Waals surface area contributed by atoms with E-state index in [-0.39, 0.29) is 11.5 Å². The number of H-pyrrole nitrogens is 2. The Morgan fingerprint density at radius 3 is 2.94 bits per heavy atom. The summed E-state index contributed by atoms with van der Waals surface area (Å²) in [7, 11) is 0. The molecular formula is C11H11N3OS. The molecule has 0 spiro atoms. The second kappa shape index (κ2) is 4.40. The van der Waals surface area contributed by atoms with E-state index in [9.17, 15) is 4.79 Å². The predicted octanol–water partition coefficient (Wildman–Crippen LogP) is 1.98. The van der Waals surface area contributed by atoms with Crippen molar-refractivity contribution in [1.29, 1.82) is 0 Å². The van der Waals surface area contributed by atoms with Crippen LogP contribution in [0, 0.1) is 4.77 Å². The molecular weight excluding hydrogens is 222 g/mol. The molecule has 4 nitrogen and oxygen atoms in total. The molecule has 2 heterocycles. The third kappa shape index (κ3) is 2.09. The van der Waals surface area contributed by atoms with Crippen molar-refractivity contribution in [2.45, 2.75) is 12.8 Å². The van der Waals surface area contributed by atoms with E-state index in [1.165, 1.54) is 0 Å². The quantitative estimate of drug-likeness (QED) is 0.780. The van der Waals surface area contributed by atoms with Crippen molar-refractivity contribution in [2.75, 3.05) is 0 Å². The topological polar surface area (TPSA) is 61.5 Å². The average molecular weight is 233 g/mol. The molecule has 82 valence electrons. The van der Waals surface area contributed by atoms with Crippen molar-refractivity contribution in [1.82, 2.24) is 15.0 Å². The lowest BCUT2D eigenvalue weighted by molar-refractivity contribution is 0.864. The first-order valence-electron chi connectivity index (χ1n) is 4.90. The zero-order valence-electron chi connectivity index (χ0n) is 8.73. The Morgan fingerprint density at radius 2 is 2.31 bits per heavy atom. The van der Waals surface area contributed by atoms with Crippen molar-refractivity contribution in [2.24, 2.45) is 0 Å².